The van der Waals surface area contributed by atoms with Gasteiger partial charge in [0, 0.05) is 5.54 Å². The van der Waals surface area contributed by atoms with Crippen LogP contribution in [-0.4, -0.2) is 34.7 Å². The second kappa shape index (κ2) is 7.26. The first-order chi connectivity index (χ1) is 9.61. The van der Waals surface area contributed by atoms with Crippen molar-refractivity contribution in [3.05, 3.63) is 0 Å². The molecule has 1 aliphatic carbocycles. The summed E-state index contributed by atoms with van der Waals surface area (Å²) in [4.78, 5) is 2.59. The first kappa shape index (κ1) is 16.3. The van der Waals surface area contributed by atoms with Gasteiger partial charge in [-0.05, 0) is 64.0 Å². The average molecular weight is 281 g/mol. The van der Waals surface area contributed by atoms with Crippen LogP contribution < -0.4 is 0 Å². The predicted octanol–water partition coefficient (Wildman–Crippen LogP) is 4.22. The number of aliphatic hydroxyl groups excluding tert-OH is 1. The highest BCUT2D eigenvalue weighted by atomic mass is 16.3. The van der Waals surface area contributed by atoms with E-state index in [-0.39, 0.29) is 11.6 Å². The summed E-state index contributed by atoms with van der Waals surface area (Å²) in [6.07, 6.45) is 11.4. The third kappa shape index (κ3) is 3.39. The molecule has 0 spiro atoms. The van der Waals surface area contributed by atoms with Gasteiger partial charge in [0.05, 0.1) is 6.10 Å². The lowest BCUT2D eigenvalue weighted by Crippen LogP contribution is -2.58. The molecule has 2 fully saturated rings. The van der Waals surface area contributed by atoms with Crippen molar-refractivity contribution in [3.63, 3.8) is 0 Å². The molecule has 1 heterocycles. The average Bonchev–Trinajstić information content (AvgIpc) is 2.54. The lowest BCUT2D eigenvalue weighted by molar-refractivity contribution is -0.0714. The van der Waals surface area contributed by atoms with E-state index in [1.54, 1.807) is 0 Å². The summed E-state index contributed by atoms with van der Waals surface area (Å²) in [7, 11) is 0. The van der Waals surface area contributed by atoms with Crippen molar-refractivity contribution in [2.24, 2.45) is 11.8 Å². The lowest BCUT2D eigenvalue weighted by atomic mass is 9.72. The first-order valence-electron chi connectivity index (χ1n) is 9.05. The van der Waals surface area contributed by atoms with E-state index in [1.165, 1.54) is 64.5 Å². The van der Waals surface area contributed by atoms with E-state index in [0.29, 0.717) is 5.92 Å². The molecule has 2 nitrogen and oxygen atoms in total. The Morgan fingerprint density at radius 2 is 1.65 bits per heavy atom. The normalized spacial score (nSPS) is 33.6. The summed E-state index contributed by atoms with van der Waals surface area (Å²) >= 11 is 0. The summed E-state index contributed by atoms with van der Waals surface area (Å²) in [6.45, 7) is 9.26. The molecule has 0 aromatic rings. The molecule has 1 saturated carbocycles. The Bertz CT molecular complexity index is 279. The fraction of sp³-hybridized carbons (Fsp3) is 1.00. The Labute approximate surface area is 125 Å². The van der Waals surface area contributed by atoms with Crippen LogP contribution in [0.15, 0.2) is 0 Å². The van der Waals surface area contributed by atoms with Gasteiger partial charge in [-0.15, -0.1) is 0 Å². The Hall–Kier alpha value is -0.0800. The Balaban J connectivity index is 1.98. The minimum Gasteiger partial charge on any atom is -0.391 e. The molecule has 0 radical (unpaired) electrons. The minimum atomic E-state index is -0.136. The number of likely N-dealkylation sites (tertiary alicyclic amines) is 1. The standard InChI is InChI=1S/C18H35NO/c1-4-15-9-11-16(12-10-15)17(20)18(3,5-2)19-13-7-6-8-14-19/h15-17,20H,4-14H2,1-3H3. The number of nitrogens with zero attached hydrogens (tertiary/aromatic N) is 1. The number of hydrogen-bond acceptors (Lipinski definition) is 2. The highest BCUT2D eigenvalue weighted by Crippen LogP contribution is 2.39. The molecule has 1 N–H and O–H groups in total. The van der Waals surface area contributed by atoms with Crippen LogP contribution in [0, 0.1) is 11.8 Å². The van der Waals surface area contributed by atoms with Crippen molar-refractivity contribution in [2.75, 3.05) is 13.1 Å². The minimum absolute atomic E-state index is 0.00411. The smallest absolute Gasteiger partial charge is 0.0749 e. The fourth-order valence-electron chi connectivity index (χ4n) is 4.44. The number of aliphatic hydroxyl groups is 1. The van der Waals surface area contributed by atoms with Gasteiger partial charge in [-0.2, -0.15) is 0 Å². The van der Waals surface area contributed by atoms with Crippen molar-refractivity contribution < 1.29 is 5.11 Å². The van der Waals surface area contributed by atoms with Gasteiger partial charge < -0.3 is 5.11 Å². The molecule has 2 heteroatoms. The third-order valence-corrected chi connectivity index (χ3v) is 6.35. The second-order valence-electron chi connectivity index (χ2n) is 7.39. The van der Waals surface area contributed by atoms with Crippen LogP contribution in [0.1, 0.15) is 78.6 Å². The zero-order valence-electron chi connectivity index (χ0n) is 13.9. The quantitative estimate of drug-likeness (QED) is 0.815. The monoisotopic (exact) mass is 281 g/mol. The summed E-state index contributed by atoms with van der Waals surface area (Å²) < 4.78 is 0. The zero-order chi connectivity index (χ0) is 14.6. The van der Waals surface area contributed by atoms with E-state index in [2.05, 4.69) is 25.7 Å². The van der Waals surface area contributed by atoms with Gasteiger partial charge in [-0.1, -0.05) is 39.5 Å². The summed E-state index contributed by atoms with van der Waals surface area (Å²) in [6, 6.07) is 0. The molecule has 2 unspecified atom stereocenters. The van der Waals surface area contributed by atoms with Gasteiger partial charge in [0.25, 0.3) is 0 Å². The molecule has 0 aromatic heterocycles. The van der Waals surface area contributed by atoms with Crippen LogP contribution >= 0.6 is 0 Å². The molecule has 2 rings (SSSR count). The maximum absolute atomic E-state index is 11.1. The number of rotatable bonds is 5. The molecule has 0 amide bonds. The highest BCUT2D eigenvalue weighted by molar-refractivity contribution is 4.97. The Morgan fingerprint density at radius 1 is 1.05 bits per heavy atom. The molecule has 118 valence electrons. The topological polar surface area (TPSA) is 23.5 Å². The van der Waals surface area contributed by atoms with Crippen molar-refractivity contribution in [3.8, 4) is 0 Å². The molecular weight excluding hydrogens is 246 g/mol. The van der Waals surface area contributed by atoms with E-state index in [1.807, 2.05) is 0 Å². The van der Waals surface area contributed by atoms with Crippen molar-refractivity contribution in [2.45, 2.75) is 90.2 Å². The summed E-state index contributed by atoms with van der Waals surface area (Å²) in [5, 5.41) is 11.1. The third-order valence-electron chi connectivity index (χ3n) is 6.35. The van der Waals surface area contributed by atoms with E-state index >= 15 is 0 Å². The van der Waals surface area contributed by atoms with Crippen LogP contribution in [0.25, 0.3) is 0 Å². The van der Waals surface area contributed by atoms with E-state index in [0.717, 1.165) is 12.3 Å². The van der Waals surface area contributed by atoms with Crippen molar-refractivity contribution in [1.82, 2.24) is 4.90 Å². The maximum Gasteiger partial charge on any atom is 0.0749 e. The van der Waals surface area contributed by atoms with Gasteiger partial charge in [-0.3, -0.25) is 4.90 Å². The summed E-state index contributed by atoms with van der Waals surface area (Å²) in [5.41, 5.74) is 0.00411. The Morgan fingerprint density at radius 3 is 2.15 bits per heavy atom. The molecule has 1 aliphatic heterocycles. The molecule has 0 aromatic carbocycles. The van der Waals surface area contributed by atoms with Crippen LogP contribution in [0.4, 0.5) is 0 Å². The van der Waals surface area contributed by atoms with E-state index < -0.39 is 0 Å². The molecule has 20 heavy (non-hydrogen) atoms. The van der Waals surface area contributed by atoms with Crippen LogP contribution in [0.2, 0.25) is 0 Å². The van der Waals surface area contributed by atoms with Crippen LogP contribution in [-0.2, 0) is 0 Å². The maximum atomic E-state index is 11.1. The summed E-state index contributed by atoms with van der Waals surface area (Å²) in [5.74, 6) is 1.45. The van der Waals surface area contributed by atoms with Crippen molar-refractivity contribution in [1.29, 1.82) is 0 Å². The SMILES string of the molecule is CCC1CCC(C(O)C(C)(CC)N2CCCCC2)CC1. The largest absolute Gasteiger partial charge is 0.391 e. The van der Waals surface area contributed by atoms with Crippen LogP contribution in [0.3, 0.4) is 0 Å². The van der Waals surface area contributed by atoms with E-state index in [9.17, 15) is 5.11 Å². The van der Waals surface area contributed by atoms with Gasteiger partial charge in [0.2, 0.25) is 0 Å². The molecule has 0 bridgehead atoms. The highest BCUT2D eigenvalue weighted by Gasteiger charge is 2.42. The van der Waals surface area contributed by atoms with Gasteiger partial charge >= 0.3 is 0 Å². The number of hydrogen-bond donors (Lipinski definition) is 1. The first-order valence-corrected chi connectivity index (χ1v) is 9.05. The fourth-order valence-corrected chi connectivity index (χ4v) is 4.44. The van der Waals surface area contributed by atoms with Crippen LogP contribution in [0.5, 0.6) is 0 Å². The Kier molecular flexibility index (Phi) is 5.92. The zero-order valence-corrected chi connectivity index (χ0v) is 13.9. The molecule has 2 atom stereocenters. The second-order valence-corrected chi connectivity index (χ2v) is 7.39. The van der Waals surface area contributed by atoms with Crippen molar-refractivity contribution >= 4 is 0 Å². The predicted molar refractivity (Wildman–Crippen MR) is 85.9 cm³/mol. The lowest BCUT2D eigenvalue weighted by Gasteiger charge is -2.49. The molecule has 2 aliphatic rings. The van der Waals surface area contributed by atoms with Gasteiger partial charge in [0.1, 0.15) is 0 Å². The molecular formula is C18H35NO. The molecule has 1 saturated heterocycles. The van der Waals surface area contributed by atoms with E-state index in [4.69, 9.17) is 0 Å². The van der Waals surface area contributed by atoms with Gasteiger partial charge in [0.15, 0.2) is 0 Å². The van der Waals surface area contributed by atoms with Gasteiger partial charge in [-0.25, -0.2) is 0 Å². The number of piperidine rings is 1.